The first kappa shape index (κ1) is 21.2. The second-order valence-corrected chi connectivity index (χ2v) is 8.94. The number of amidine groups is 1. The van der Waals surface area contributed by atoms with Gasteiger partial charge in [-0.15, -0.1) is 13.2 Å². The van der Waals surface area contributed by atoms with Crippen LogP contribution in [0.25, 0.3) is 0 Å². The highest BCUT2D eigenvalue weighted by Gasteiger charge is 2.31. The molecule has 6 nitrogen and oxygen atoms in total. The van der Waals surface area contributed by atoms with Crippen molar-refractivity contribution in [2.45, 2.75) is 37.3 Å². The van der Waals surface area contributed by atoms with Crippen molar-refractivity contribution in [3.8, 4) is 5.75 Å². The molecule has 1 heterocycles. The number of hydrogen-bond acceptors (Lipinski definition) is 5. The maximum absolute atomic E-state index is 12.1. The quantitative estimate of drug-likeness (QED) is 0.562. The Labute approximate surface area is 156 Å². The maximum Gasteiger partial charge on any atom is 0.573 e. The van der Waals surface area contributed by atoms with Crippen molar-refractivity contribution in [3.05, 3.63) is 29.8 Å². The van der Waals surface area contributed by atoms with E-state index in [2.05, 4.69) is 4.74 Å². The van der Waals surface area contributed by atoms with E-state index < -0.39 is 16.2 Å². The Balaban J connectivity index is 1.82. The predicted molar refractivity (Wildman–Crippen MR) is 96.3 cm³/mol. The fraction of sp³-hybridized carbons (Fsp3) is 0.529. The van der Waals surface area contributed by atoms with Gasteiger partial charge in [-0.1, -0.05) is 12.1 Å². The highest BCUT2D eigenvalue weighted by atomic mass is 32.2. The van der Waals surface area contributed by atoms with Crippen LogP contribution in [-0.2, 0) is 16.3 Å². The summed E-state index contributed by atoms with van der Waals surface area (Å²) in [4.78, 5) is 1.77. The molecule has 2 rings (SSSR count). The van der Waals surface area contributed by atoms with Crippen molar-refractivity contribution in [2.75, 3.05) is 19.3 Å². The van der Waals surface area contributed by atoms with Crippen LogP contribution in [0.5, 0.6) is 5.75 Å². The van der Waals surface area contributed by atoms with Gasteiger partial charge < -0.3 is 15.0 Å². The summed E-state index contributed by atoms with van der Waals surface area (Å²) in [6, 6.07) is 5.29. The minimum atomic E-state index is -4.74. The zero-order valence-electron chi connectivity index (χ0n) is 14.8. The summed E-state index contributed by atoms with van der Waals surface area (Å²) in [5, 5.41) is 15.8. The zero-order valence-corrected chi connectivity index (χ0v) is 15.7. The number of halogens is 3. The van der Waals surface area contributed by atoms with E-state index in [4.69, 9.17) is 10.8 Å². The first-order chi connectivity index (χ1) is 12.4. The number of sulfone groups is 1. The van der Waals surface area contributed by atoms with Gasteiger partial charge >= 0.3 is 6.36 Å². The van der Waals surface area contributed by atoms with Crippen molar-refractivity contribution in [1.29, 1.82) is 10.8 Å². The largest absolute Gasteiger partial charge is 0.573 e. The van der Waals surface area contributed by atoms with E-state index in [-0.39, 0.29) is 35.4 Å². The molecule has 0 radical (unpaired) electrons. The number of nitrogens with one attached hydrogen (secondary N) is 2. The number of benzene rings is 1. The van der Waals surface area contributed by atoms with Crippen LogP contribution in [0.4, 0.5) is 13.2 Å². The van der Waals surface area contributed by atoms with Gasteiger partial charge in [0.15, 0.2) is 0 Å². The van der Waals surface area contributed by atoms with Gasteiger partial charge in [0.25, 0.3) is 0 Å². The number of rotatable bonds is 6. The number of likely N-dealkylation sites (tertiary alicyclic amines) is 1. The van der Waals surface area contributed by atoms with E-state index >= 15 is 0 Å². The Kier molecular flexibility index (Phi) is 6.50. The van der Waals surface area contributed by atoms with Crippen LogP contribution in [0.3, 0.4) is 0 Å². The molecule has 0 bridgehead atoms. The van der Waals surface area contributed by atoms with Gasteiger partial charge in [0.1, 0.15) is 21.4 Å². The minimum absolute atomic E-state index is 0.115. The molecule has 0 unspecified atom stereocenters. The van der Waals surface area contributed by atoms with Crippen molar-refractivity contribution in [3.63, 3.8) is 0 Å². The molecule has 2 N–H and O–H groups in total. The molecule has 0 aromatic heterocycles. The van der Waals surface area contributed by atoms with Crippen molar-refractivity contribution in [1.82, 2.24) is 4.90 Å². The van der Waals surface area contributed by atoms with E-state index in [9.17, 15) is 21.6 Å². The fourth-order valence-electron chi connectivity index (χ4n) is 2.99. The van der Waals surface area contributed by atoms with Gasteiger partial charge in [-0.2, -0.15) is 0 Å². The molecule has 150 valence electrons. The Hall–Kier alpha value is -2.10. The van der Waals surface area contributed by atoms with Crippen LogP contribution >= 0.6 is 0 Å². The molecule has 0 spiro atoms. The highest BCUT2D eigenvalue weighted by molar-refractivity contribution is 7.91. The molecule has 1 fully saturated rings. The molecular formula is C17H22F3N3O3S. The standard InChI is InChI=1S/C17H22F3N3O3S/c1-27(24,25)15-6-8-23(9-7-15)16(22)11-13(21)10-12-2-4-14(5-3-12)26-17(18,19)20/h2-5,15,21-22H,6-11H2,1H3. The Morgan fingerprint density at radius 1 is 1.19 bits per heavy atom. The molecule has 10 heteroatoms. The highest BCUT2D eigenvalue weighted by Crippen LogP contribution is 2.23. The topological polar surface area (TPSA) is 94.3 Å². The first-order valence-corrected chi connectivity index (χ1v) is 10.3. The Bertz CT molecular complexity index is 784. The smallest absolute Gasteiger partial charge is 0.406 e. The van der Waals surface area contributed by atoms with Crippen molar-refractivity contribution in [2.24, 2.45) is 0 Å². The van der Waals surface area contributed by atoms with Crippen molar-refractivity contribution < 1.29 is 26.3 Å². The minimum Gasteiger partial charge on any atom is -0.406 e. The third-order valence-corrected chi connectivity index (χ3v) is 6.07. The molecule has 1 aromatic rings. The average molecular weight is 405 g/mol. The molecule has 0 aliphatic carbocycles. The van der Waals surface area contributed by atoms with Gasteiger partial charge in [-0.3, -0.25) is 5.41 Å². The fourth-order valence-corrected chi connectivity index (χ4v) is 4.05. The van der Waals surface area contributed by atoms with E-state index in [1.807, 2.05) is 0 Å². The lowest BCUT2D eigenvalue weighted by Crippen LogP contribution is -2.42. The van der Waals surface area contributed by atoms with Gasteiger partial charge in [0.05, 0.1) is 5.25 Å². The molecular weight excluding hydrogens is 383 g/mol. The number of alkyl halides is 3. The first-order valence-electron chi connectivity index (χ1n) is 8.36. The van der Waals surface area contributed by atoms with Crippen LogP contribution in [0.15, 0.2) is 24.3 Å². The number of hydrogen-bond donors (Lipinski definition) is 2. The molecule has 1 aliphatic rings. The Morgan fingerprint density at radius 2 is 1.74 bits per heavy atom. The summed E-state index contributed by atoms with van der Waals surface area (Å²) < 4.78 is 63.4. The summed E-state index contributed by atoms with van der Waals surface area (Å²) in [7, 11) is -3.07. The third-order valence-electron chi connectivity index (χ3n) is 4.38. The number of piperidine rings is 1. The van der Waals surface area contributed by atoms with E-state index in [0.717, 1.165) is 0 Å². The monoisotopic (exact) mass is 405 g/mol. The summed E-state index contributed by atoms with van der Waals surface area (Å²) >= 11 is 0. The van der Waals surface area contributed by atoms with Gasteiger partial charge in [-0.25, -0.2) is 8.42 Å². The summed E-state index contributed by atoms with van der Waals surface area (Å²) in [6.07, 6.45) is -2.25. The lowest BCUT2D eigenvalue weighted by molar-refractivity contribution is -0.274. The van der Waals surface area contributed by atoms with Gasteiger partial charge in [0, 0.05) is 37.9 Å². The van der Waals surface area contributed by atoms with Crippen LogP contribution in [0.2, 0.25) is 0 Å². The second kappa shape index (κ2) is 8.28. The molecule has 0 saturated carbocycles. The van der Waals surface area contributed by atoms with Crippen LogP contribution in [0, 0.1) is 10.8 Å². The van der Waals surface area contributed by atoms with Crippen LogP contribution in [0.1, 0.15) is 24.8 Å². The number of ether oxygens (including phenoxy) is 1. The molecule has 1 saturated heterocycles. The lowest BCUT2D eigenvalue weighted by atomic mass is 10.0. The zero-order chi connectivity index (χ0) is 20.2. The molecule has 27 heavy (non-hydrogen) atoms. The molecule has 0 amide bonds. The SMILES string of the molecule is CS(=O)(=O)C1CCN(C(=N)CC(=N)Cc2ccc(OC(F)(F)F)cc2)CC1. The van der Waals surface area contributed by atoms with Gasteiger partial charge in [0.2, 0.25) is 0 Å². The molecule has 0 atom stereocenters. The molecule has 1 aliphatic heterocycles. The predicted octanol–water partition coefficient (Wildman–Crippen LogP) is 3.02. The normalized spacial score (nSPS) is 16.2. The number of nitrogens with zero attached hydrogens (tertiary/aromatic N) is 1. The van der Waals surface area contributed by atoms with Crippen LogP contribution in [-0.4, -0.2) is 55.8 Å². The van der Waals surface area contributed by atoms with Crippen LogP contribution < -0.4 is 4.74 Å². The summed E-state index contributed by atoms with van der Waals surface area (Å²) in [5.74, 6) is -0.0664. The van der Waals surface area contributed by atoms with E-state index in [1.54, 1.807) is 4.90 Å². The third kappa shape index (κ3) is 6.85. The van der Waals surface area contributed by atoms with Crippen molar-refractivity contribution >= 4 is 21.4 Å². The van der Waals surface area contributed by atoms with E-state index in [1.165, 1.54) is 30.5 Å². The maximum atomic E-state index is 12.1. The lowest BCUT2D eigenvalue weighted by Gasteiger charge is -2.33. The average Bonchev–Trinajstić information content (AvgIpc) is 2.54. The summed E-state index contributed by atoms with van der Waals surface area (Å²) in [6.45, 7) is 0.931. The molecule has 1 aromatic carbocycles. The van der Waals surface area contributed by atoms with E-state index in [0.29, 0.717) is 31.5 Å². The van der Waals surface area contributed by atoms with Gasteiger partial charge in [-0.05, 0) is 30.5 Å². The second-order valence-electron chi connectivity index (χ2n) is 6.61. The Morgan fingerprint density at radius 3 is 2.22 bits per heavy atom. The summed E-state index contributed by atoms with van der Waals surface area (Å²) in [5.41, 5.74) is 0.910.